The molecule has 0 N–H and O–H groups in total. The van der Waals surface area contributed by atoms with Gasteiger partial charge in [0.05, 0.1) is 33.1 Å². The van der Waals surface area contributed by atoms with E-state index in [2.05, 4.69) is 190 Å². The average Bonchev–Trinajstić information content (AvgIpc) is 3.83. The first kappa shape index (κ1) is 28.9. The summed E-state index contributed by atoms with van der Waals surface area (Å²) in [5, 5.41) is 7.39. The second-order valence-electron chi connectivity index (χ2n) is 13.7. The van der Waals surface area contributed by atoms with Crippen molar-refractivity contribution in [3.05, 3.63) is 182 Å². The molecular weight excluding hydrogens is 633 g/mol. The summed E-state index contributed by atoms with van der Waals surface area (Å²) < 4.78 is 7.12. The van der Waals surface area contributed by atoms with E-state index in [4.69, 9.17) is 4.98 Å². The summed E-state index contributed by atoms with van der Waals surface area (Å²) in [5.74, 6) is 0.894. The van der Waals surface area contributed by atoms with Crippen molar-refractivity contribution >= 4 is 65.4 Å². The fourth-order valence-electron chi connectivity index (χ4n) is 8.36. The fourth-order valence-corrected chi connectivity index (χ4v) is 8.36. The lowest BCUT2D eigenvalue weighted by Gasteiger charge is -2.11. The minimum Gasteiger partial charge on any atom is -0.309 e. The molecule has 0 fully saturated rings. The van der Waals surface area contributed by atoms with Crippen LogP contribution >= 0.6 is 0 Å². The topological polar surface area (TPSA) is 27.7 Å². The Balaban J connectivity index is 1.18. The zero-order chi connectivity index (χ0) is 34.3. The number of benzene rings is 7. The number of para-hydroxylation sites is 4. The van der Waals surface area contributed by atoms with Gasteiger partial charge in [-0.25, -0.2) is 4.98 Å². The Bertz CT molecular complexity index is 2900. The molecule has 0 radical (unpaired) electrons. The van der Waals surface area contributed by atoms with Crippen LogP contribution in [-0.4, -0.2) is 18.7 Å². The molecule has 11 aromatic rings. The molecule has 0 bridgehead atoms. The van der Waals surface area contributed by atoms with Crippen LogP contribution in [0.15, 0.2) is 176 Å². The van der Waals surface area contributed by atoms with Gasteiger partial charge in [-0.15, -0.1) is 0 Å². The molecule has 0 spiro atoms. The summed E-state index contributed by atoms with van der Waals surface area (Å²) in [7, 11) is 0. The Kier molecular flexibility index (Phi) is 6.13. The van der Waals surface area contributed by atoms with Crippen molar-refractivity contribution < 1.29 is 0 Å². The highest BCUT2D eigenvalue weighted by atomic mass is 15.1. The Morgan fingerprint density at radius 2 is 0.750 bits per heavy atom. The van der Waals surface area contributed by atoms with Gasteiger partial charge >= 0.3 is 0 Å². The third-order valence-electron chi connectivity index (χ3n) is 10.8. The molecular formula is C48H32N4. The van der Waals surface area contributed by atoms with E-state index >= 15 is 0 Å². The minimum atomic E-state index is 0.894. The quantitative estimate of drug-likeness (QED) is 0.184. The molecule has 0 saturated heterocycles. The fraction of sp³-hybridized carbons (Fsp3) is 0.0208. The third kappa shape index (κ3) is 4.18. The van der Waals surface area contributed by atoms with E-state index in [0.29, 0.717) is 0 Å². The van der Waals surface area contributed by atoms with Crippen molar-refractivity contribution in [2.45, 2.75) is 6.92 Å². The van der Waals surface area contributed by atoms with Crippen LogP contribution in [0.1, 0.15) is 5.56 Å². The number of nitrogens with zero attached hydrogens (tertiary/aromatic N) is 4. The molecule has 0 saturated carbocycles. The van der Waals surface area contributed by atoms with Crippen LogP contribution in [0.2, 0.25) is 0 Å². The van der Waals surface area contributed by atoms with Gasteiger partial charge in [-0.05, 0) is 85.3 Å². The van der Waals surface area contributed by atoms with Crippen molar-refractivity contribution in [3.8, 4) is 28.3 Å². The molecule has 4 heteroatoms. The molecule has 52 heavy (non-hydrogen) atoms. The minimum absolute atomic E-state index is 0.894. The van der Waals surface area contributed by atoms with Crippen molar-refractivity contribution in [2.75, 3.05) is 0 Å². The zero-order valence-electron chi connectivity index (χ0n) is 28.5. The standard InChI is InChI=1S/C48H32N4/c1-31-18-20-32(21-19-31)33-22-27-48(49-30-33)52-46-25-23-34(50-42-14-6-2-10-36(42)37-11-3-7-15-43(37)50)28-40(46)41-29-35(24-26-47(41)52)51-44-16-8-4-12-38(44)39-13-5-9-17-45(39)51/h2-30H,1H3. The molecule has 0 unspecified atom stereocenters. The summed E-state index contributed by atoms with van der Waals surface area (Å²) in [4.78, 5) is 5.08. The number of hydrogen-bond acceptors (Lipinski definition) is 1. The van der Waals surface area contributed by atoms with Gasteiger partial charge in [0.15, 0.2) is 0 Å². The molecule has 0 amide bonds. The van der Waals surface area contributed by atoms with Gasteiger partial charge < -0.3 is 9.13 Å². The highest BCUT2D eigenvalue weighted by Gasteiger charge is 2.19. The van der Waals surface area contributed by atoms with Crippen molar-refractivity contribution in [1.82, 2.24) is 18.7 Å². The van der Waals surface area contributed by atoms with Gasteiger partial charge in [-0.1, -0.05) is 103 Å². The summed E-state index contributed by atoms with van der Waals surface area (Å²) in [5.41, 5.74) is 12.8. The average molecular weight is 665 g/mol. The third-order valence-corrected chi connectivity index (χ3v) is 10.8. The van der Waals surface area contributed by atoms with Crippen LogP contribution in [0.4, 0.5) is 0 Å². The summed E-state index contributed by atoms with van der Waals surface area (Å²) in [6.45, 7) is 2.12. The van der Waals surface area contributed by atoms with E-state index in [0.717, 1.165) is 33.8 Å². The van der Waals surface area contributed by atoms with E-state index < -0.39 is 0 Å². The Hall–Kier alpha value is -6.91. The SMILES string of the molecule is Cc1ccc(-c2ccc(-n3c4ccc(-n5c6ccccc6c6ccccc65)cc4c4cc(-n5c6ccccc6c6ccccc65)ccc43)nc2)cc1. The monoisotopic (exact) mass is 664 g/mol. The van der Waals surface area contributed by atoms with Gasteiger partial charge in [0.1, 0.15) is 5.82 Å². The van der Waals surface area contributed by atoms with Crippen LogP contribution in [0.25, 0.3) is 93.7 Å². The number of aryl methyl sites for hydroxylation is 1. The van der Waals surface area contributed by atoms with Crippen LogP contribution in [0.5, 0.6) is 0 Å². The van der Waals surface area contributed by atoms with Crippen molar-refractivity contribution in [3.63, 3.8) is 0 Å². The number of aromatic nitrogens is 4. The first-order chi connectivity index (χ1) is 25.7. The second kappa shape index (κ2) is 11.0. The van der Waals surface area contributed by atoms with Crippen LogP contribution in [0, 0.1) is 6.92 Å². The van der Waals surface area contributed by atoms with Gasteiger partial charge in [-0.3, -0.25) is 4.57 Å². The highest BCUT2D eigenvalue weighted by Crippen LogP contribution is 2.39. The van der Waals surface area contributed by atoms with Gasteiger partial charge in [0, 0.05) is 55.5 Å². The maximum absolute atomic E-state index is 5.08. The van der Waals surface area contributed by atoms with E-state index in [-0.39, 0.29) is 0 Å². The second-order valence-corrected chi connectivity index (χ2v) is 13.7. The first-order valence-corrected chi connectivity index (χ1v) is 17.8. The Morgan fingerprint density at radius 3 is 1.17 bits per heavy atom. The van der Waals surface area contributed by atoms with E-state index in [1.165, 1.54) is 65.5 Å². The van der Waals surface area contributed by atoms with Gasteiger partial charge in [-0.2, -0.15) is 0 Å². The predicted molar refractivity (Wildman–Crippen MR) is 217 cm³/mol. The maximum atomic E-state index is 5.08. The molecule has 0 aliphatic rings. The molecule has 11 rings (SSSR count). The number of pyridine rings is 1. The smallest absolute Gasteiger partial charge is 0.137 e. The molecule has 4 aromatic heterocycles. The normalized spacial score (nSPS) is 11.9. The van der Waals surface area contributed by atoms with Crippen molar-refractivity contribution in [2.24, 2.45) is 0 Å². The van der Waals surface area contributed by atoms with Gasteiger partial charge in [0.25, 0.3) is 0 Å². The Morgan fingerprint density at radius 1 is 0.346 bits per heavy atom. The Labute approximate surface area is 300 Å². The lowest BCUT2D eigenvalue weighted by Crippen LogP contribution is -1.98. The number of rotatable bonds is 4. The molecule has 7 aromatic carbocycles. The van der Waals surface area contributed by atoms with E-state index in [1.807, 2.05) is 6.20 Å². The van der Waals surface area contributed by atoms with E-state index in [1.54, 1.807) is 0 Å². The number of fused-ring (bicyclic) bond motifs is 9. The lowest BCUT2D eigenvalue weighted by molar-refractivity contribution is 1.08. The molecule has 4 heterocycles. The van der Waals surface area contributed by atoms with Crippen LogP contribution < -0.4 is 0 Å². The molecule has 4 nitrogen and oxygen atoms in total. The lowest BCUT2D eigenvalue weighted by atomic mass is 10.1. The molecule has 0 aliphatic carbocycles. The largest absolute Gasteiger partial charge is 0.309 e. The first-order valence-electron chi connectivity index (χ1n) is 17.8. The zero-order valence-corrected chi connectivity index (χ0v) is 28.5. The highest BCUT2D eigenvalue weighted by molar-refractivity contribution is 6.14. The molecule has 244 valence electrons. The number of hydrogen-bond donors (Lipinski definition) is 0. The predicted octanol–water partition coefficient (Wildman–Crippen LogP) is 12.3. The maximum Gasteiger partial charge on any atom is 0.137 e. The summed E-state index contributed by atoms with van der Waals surface area (Å²) >= 11 is 0. The van der Waals surface area contributed by atoms with Crippen LogP contribution in [0.3, 0.4) is 0 Å². The molecule has 0 atom stereocenters. The van der Waals surface area contributed by atoms with Crippen LogP contribution in [-0.2, 0) is 0 Å². The van der Waals surface area contributed by atoms with Gasteiger partial charge in [0.2, 0.25) is 0 Å². The van der Waals surface area contributed by atoms with Crippen molar-refractivity contribution in [1.29, 1.82) is 0 Å². The summed E-state index contributed by atoms with van der Waals surface area (Å²) in [6, 6.07) is 61.6. The summed E-state index contributed by atoms with van der Waals surface area (Å²) in [6.07, 6.45) is 2.00. The molecule has 0 aliphatic heterocycles. The van der Waals surface area contributed by atoms with E-state index in [9.17, 15) is 0 Å².